The van der Waals surface area contributed by atoms with Crippen molar-refractivity contribution in [3.8, 4) is 0 Å². The molecule has 2 heterocycles. The van der Waals surface area contributed by atoms with E-state index >= 15 is 0 Å². The number of carboxylic acid groups (broad SMARTS) is 1. The minimum atomic E-state index is -0.942. The maximum atomic E-state index is 12.0. The number of nitrogens with zero attached hydrogens (tertiary/aromatic N) is 2. The number of pyridine rings is 1. The molecule has 0 bridgehead atoms. The smallest absolute Gasteiger partial charge is 0.308 e. The molecule has 0 fully saturated rings. The third-order valence-corrected chi connectivity index (χ3v) is 3.09. The Labute approximate surface area is 110 Å². The summed E-state index contributed by atoms with van der Waals surface area (Å²) in [5.41, 5.74) is 0.947. The van der Waals surface area contributed by atoms with Crippen LogP contribution in [0.4, 0.5) is 0 Å². The average Bonchev–Trinajstić information content (AvgIpc) is 2.81. The molecule has 0 saturated heterocycles. The number of aromatic nitrogens is 2. The molecule has 2 unspecified atom stereocenters. The molecule has 100 valence electrons. The lowest BCUT2D eigenvalue weighted by Gasteiger charge is -2.16. The lowest BCUT2D eigenvalue weighted by Crippen LogP contribution is -2.40. The zero-order chi connectivity index (χ0) is 14.0. The van der Waals surface area contributed by atoms with Gasteiger partial charge in [0.1, 0.15) is 11.3 Å². The van der Waals surface area contributed by atoms with Crippen molar-refractivity contribution in [3.63, 3.8) is 0 Å². The van der Waals surface area contributed by atoms with E-state index in [2.05, 4.69) is 10.3 Å². The van der Waals surface area contributed by atoms with Crippen LogP contribution < -0.4 is 5.32 Å². The third kappa shape index (κ3) is 2.73. The molecule has 19 heavy (non-hydrogen) atoms. The summed E-state index contributed by atoms with van der Waals surface area (Å²) in [5, 5.41) is 11.5. The van der Waals surface area contributed by atoms with E-state index in [0.29, 0.717) is 5.65 Å². The summed E-state index contributed by atoms with van der Waals surface area (Å²) in [7, 11) is 0. The van der Waals surface area contributed by atoms with Crippen LogP contribution in [-0.4, -0.2) is 32.4 Å². The highest BCUT2D eigenvalue weighted by atomic mass is 16.4. The maximum absolute atomic E-state index is 12.0. The summed E-state index contributed by atoms with van der Waals surface area (Å²) < 4.78 is 1.74. The summed E-state index contributed by atoms with van der Waals surface area (Å²) >= 11 is 0. The van der Waals surface area contributed by atoms with Crippen molar-refractivity contribution in [3.05, 3.63) is 36.3 Å². The normalized spacial score (nSPS) is 14.0. The first-order valence-corrected chi connectivity index (χ1v) is 5.96. The Bertz CT molecular complexity index is 587. The summed E-state index contributed by atoms with van der Waals surface area (Å²) in [6.45, 7) is 3.21. The number of hydrogen-bond acceptors (Lipinski definition) is 3. The molecule has 0 aromatic carbocycles. The molecule has 0 spiro atoms. The number of imidazole rings is 1. The molecule has 0 aliphatic rings. The third-order valence-electron chi connectivity index (χ3n) is 3.09. The predicted molar refractivity (Wildman–Crippen MR) is 68.9 cm³/mol. The standard InChI is InChI=1S/C13H15N3O3/c1-8(13(18)19)9(2)14-12(17)10-7-16-6-4-3-5-11(16)15-10/h3-9H,1-2H3,(H,14,17)(H,18,19). The second-order valence-corrected chi connectivity index (χ2v) is 4.48. The Morgan fingerprint density at radius 2 is 2.11 bits per heavy atom. The number of nitrogens with one attached hydrogen (secondary N) is 1. The van der Waals surface area contributed by atoms with Gasteiger partial charge in [-0.15, -0.1) is 0 Å². The van der Waals surface area contributed by atoms with Gasteiger partial charge in [0.2, 0.25) is 0 Å². The number of aliphatic carboxylic acids is 1. The molecular weight excluding hydrogens is 246 g/mol. The van der Waals surface area contributed by atoms with Crippen LogP contribution in [0.2, 0.25) is 0 Å². The number of rotatable bonds is 4. The van der Waals surface area contributed by atoms with Crippen LogP contribution in [0.3, 0.4) is 0 Å². The average molecular weight is 261 g/mol. The van der Waals surface area contributed by atoms with E-state index in [-0.39, 0.29) is 11.6 Å². The van der Waals surface area contributed by atoms with Crippen molar-refractivity contribution < 1.29 is 14.7 Å². The molecule has 0 radical (unpaired) electrons. The van der Waals surface area contributed by atoms with Crippen LogP contribution in [0.1, 0.15) is 24.3 Å². The van der Waals surface area contributed by atoms with Crippen molar-refractivity contribution in [1.29, 1.82) is 0 Å². The number of carbonyl (C=O) groups is 2. The minimum Gasteiger partial charge on any atom is -0.481 e. The van der Waals surface area contributed by atoms with Gasteiger partial charge in [-0.3, -0.25) is 9.59 Å². The molecule has 0 aliphatic carbocycles. The van der Waals surface area contributed by atoms with E-state index in [1.807, 2.05) is 12.1 Å². The van der Waals surface area contributed by atoms with Crippen LogP contribution in [0.15, 0.2) is 30.6 Å². The number of fused-ring (bicyclic) bond motifs is 1. The van der Waals surface area contributed by atoms with Gasteiger partial charge in [-0.25, -0.2) is 4.98 Å². The Kier molecular flexibility index (Phi) is 3.50. The van der Waals surface area contributed by atoms with Gasteiger partial charge in [-0.2, -0.15) is 0 Å². The van der Waals surface area contributed by atoms with Gasteiger partial charge in [0.25, 0.3) is 5.91 Å². The Hall–Kier alpha value is -2.37. The molecule has 2 aromatic rings. The van der Waals surface area contributed by atoms with Gasteiger partial charge in [0.05, 0.1) is 5.92 Å². The fourth-order valence-corrected chi connectivity index (χ4v) is 1.66. The molecule has 2 aromatic heterocycles. The van der Waals surface area contributed by atoms with Crippen molar-refractivity contribution in [2.45, 2.75) is 19.9 Å². The number of carboxylic acids is 1. The number of carbonyl (C=O) groups excluding carboxylic acids is 1. The van der Waals surface area contributed by atoms with E-state index in [1.54, 1.807) is 36.7 Å². The highest BCUT2D eigenvalue weighted by Crippen LogP contribution is 2.07. The van der Waals surface area contributed by atoms with E-state index in [4.69, 9.17) is 5.11 Å². The van der Waals surface area contributed by atoms with Gasteiger partial charge in [0, 0.05) is 18.4 Å². The van der Waals surface area contributed by atoms with E-state index in [0.717, 1.165) is 0 Å². The lowest BCUT2D eigenvalue weighted by atomic mass is 10.0. The SMILES string of the molecule is CC(NC(=O)c1cn2ccccc2n1)C(C)C(=O)O. The molecule has 2 rings (SSSR count). The van der Waals surface area contributed by atoms with E-state index in [1.165, 1.54) is 0 Å². The second kappa shape index (κ2) is 5.09. The highest BCUT2D eigenvalue weighted by molar-refractivity contribution is 5.93. The zero-order valence-electron chi connectivity index (χ0n) is 10.7. The molecule has 2 atom stereocenters. The van der Waals surface area contributed by atoms with Crippen LogP contribution >= 0.6 is 0 Å². The van der Waals surface area contributed by atoms with Crippen molar-refractivity contribution in [1.82, 2.24) is 14.7 Å². The Morgan fingerprint density at radius 1 is 1.37 bits per heavy atom. The summed E-state index contributed by atoms with van der Waals surface area (Å²) in [5.74, 6) is -1.96. The first-order chi connectivity index (χ1) is 8.99. The summed E-state index contributed by atoms with van der Waals surface area (Å²) in [6.07, 6.45) is 3.41. The first-order valence-electron chi connectivity index (χ1n) is 5.96. The highest BCUT2D eigenvalue weighted by Gasteiger charge is 2.22. The Balaban J connectivity index is 2.13. The van der Waals surface area contributed by atoms with Crippen LogP contribution in [0.5, 0.6) is 0 Å². The van der Waals surface area contributed by atoms with Crippen LogP contribution in [0.25, 0.3) is 5.65 Å². The maximum Gasteiger partial charge on any atom is 0.308 e. The second-order valence-electron chi connectivity index (χ2n) is 4.48. The first kappa shape index (κ1) is 13.1. The molecule has 2 N–H and O–H groups in total. The molecule has 6 heteroatoms. The molecule has 6 nitrogen and oxygen atoms in total. The fraction of sp³-hybridized carbons (Fsp3) is 0.308. The molecule has 0 aliphatic heterocycles. The van der Waals surface area contributed by atoms with Gasteiger partial charge in [-0.1, -0.05) is 6.07 Å². The minimum absolute atomic E-state index is 0.274. The predicted octanol–water partition coefficient (Wildman–Crippen LogP) is 1.17. The van der Waals surface area contributed by atoms with Gasteiger partial charge in [-0.05, 0) is 26.0 Å². The van der Waals surface area contributed by atoms with Gasteiger partial charge < -0.3 is 14.8 Å². The van der Waals surface area contributed by atoms with Crippen molar-refractivity contribution in [2.24, 2.45) is 5.92 Å². The monoisotopic (exact) mass is 261 g/mol. The van der Waals surface area contributed by atoms with E-state index in [9.17, 15) is 9.59 Å². The van der Waals surface area contributed by atoms with Crippen LogP contribution in [-0.2, 0) is 4.79 Å². The molecule has 0 saturated carbocycles. The van der Waals surface area contributed by atoms with Crippen LogP contribution in [0, 0.1) is 5.92 Å². The number of amides is 1. The van der Waals surface area contributed by atoms with E-state index < -0.39 is 17.9 Å². The zero-order valence-corrected chi connectivity index (χ0v) is 10.7. The Morgan fingerprint density at radius 3 is 2.74 bits per heavy atom. The van der Waals surface area contributed by atoms with Gasteiger partial charge >= 0.3 is 5.97 Å². The van der Waals surface area contributed by atoms with Crippen molar-refractivity contribution >= 4 is 17.5 Å². The van der Waals surface area contributed by atoms with Gasteiger partial charge in [0.15, 0.2) is 0 Å². The lowest BCUT2D eigenvalue weighted by molar-refractivity contribution is -0.141. The topological polar surface area (TPSA) is 83.7 Å². The summed E-state index contributed by atoms with van der Waals surface area (Å²) in [4.78, 5) is 27.0. The summed E-state index contributed by atoms with van der Waals surface area (Å²) in [6, 6.07) is 5.00. The van der Waals surface area contributed by atoms with Crippen molar-refractivity contribution in [2.75, 3.05) is 0 Å². The largest absolute Gasteiger partial charge is 0.481 e. The number of hydrogen-bond donors (Lipinski definition) is 2. The molecular formula is C13H15N3O3. The fourth-order valence-electron chi connectivity index (χ4n) is 1.66. The molecule has 1 amide bonds. The quantitative estimate of drug-likeness (QED) is 0.865.